The average molecular weight is 316 g/mol. The Kier molecular flexibility index (Phi) is 4.22. The Labute approximate surface area is 140 Å². The first kappa shape index (κ1) is 16.8. The first-order valence-corrected chi connectivity index (χ1v) is 8.74. The summed E-state index contributed by atoms with van der Waals surface area (Å²) in [6, 6.07) is 4.13. The van der Waals surface area contributed by atoms with Crippen molar-refractivity contribution in [2.24, 2.45) is 11.8 Å². The van der Waals surface area contributed by atoms with Gasteiger partial charge in [-0.15, -0.1) is 0 Å². The zero-order valence-electron chi connectivity index (χ0n) is 15.3. The van der Waals surface area contributed by atoms with Gasteiger partial charge in [0.1, 0.15) is 5.82 Å². The standard InChI is InChI=1S/C18H29BN2O2/c1-13-9-14(2)12-21(11-13)16-10-15(7-8-20-16)19-22-17(3,4)18(5,6)23-19/h7-8,10,13-14H,9,11-12H2,1-6H3/t13-,14+. The number of aromatic nitrogens is 1. The molecular weight excluding hydrogens is 287 g/mol. The molecule has 0 aromatic carbocycles. The summed E-state index contributed by atoms with van der Waals surface area (Å²) < 4.78 is 12.3. The average Bonchev–Trinajstić information content (AvgIpc) is 2.67. The van der Waals surface area contributed by atoms with Gasteiger partial charge in [0, 0.05) is 19.3 Å². The van der Waals surface area contributed by atoms with Crippen LogP contribution >= 0.6 is 0 Å². The van der Waals surface area contributed by atoms with Crippen molar-refractivity contribution in [2.75, 3.05) is 18.0 Å². The maximum Gasteiger partial charge on any atom is 0.495 e. The fraction of sp³-hybridized carbons (Fsp3) is 0.722. The molecule has 5 heteroatoms. The first-order chi connectivity index (χ1) is 10.7. The number of pyridine rings is 1. The van der Waals surface area contributed by atoms with Gasteiger partial charge in [-0.1, -0.05) is 13.8 Å². The van der Waals surface area contributed by atoms with Gasteiger partial charge in [0.05, 0.1) is 11.2 Å². The minimum absolute atomic E-state index is 0.310. The molecule has 23 heavy (non-hydrogen) atoms. The van der Waals surface area contributed by atoms with Gasteiger partial charge in [-0.3, -0.25) is 0 Å². The van der Waals surface area contributed by atoms with Crippen molar-refractivity contribution in [3.8, 4) is 0 Å². The molecule has 2 aliphatic heterocycles. The molecule has 0 spiro atoms. The molecular formula is C18H29BN2O2. The van der Waals surface area contributed by atoms with Gasteiger partial charge in [-0.25, -0.2) is 4.98 Å². The van der Waals surface area contributed by atoms with Crippen LogP contribution in [0.15, 0.2) is 18.3 Å². The molecule has 1 aromatic rings. The van der Waals surface area contributed by atoms with Crippen LogP contribution in [0.3, 0.4) is 0 Å². The molecule has 0 bridgehead atoms. The van der Waals surface area contributed by atoms with E-state index in [9.17, 15) is 0 Å². The van der Waals surface area contributed by atoms with Crippen LogP contribution in [-0.4, -0.2) is 36.4 Å². The van der Waals surface area contributed by atoms with Gasteiger partial charge in [0.2, 0.25) is 0 Å². The fourth-order valence-electron chi connectivity index (χ4n) is 3.58. The summed E-state index contributed by atoms with van der Waals surface area (Å²) in [4.78, 5) is 6.99. The molecule has 0 amide bonds. The van der Waals surface area contributed by atoms with Gasteiger partial charge in [-0.05, 0) is 63.5 Å². The molecule has 4 nitrogen and oxygen atoms in total. The van der Waals surface area contributed by atoms with Gasteiger partial charge >= 0.3 is 7.12 Å². The monoisotopic (exact) mass is 316 g/mol. The van der Waals surface area contributed by atoms with Crippen molar-refractivity contribution in [2.45, 2.75) is 59.2 Å². The zero-order chi connectivity index (χ0) is 16.8. The molecule has 126 valence electrons. The predicted octanol–water partition coefficient (Wildman–Crippen LogP) is 2.86. The summed E-state index contributed by atoms with van der Waals surface area (Å²) in [5.41, 5.74) is 0.435. The van der Waals surface area contributed by atoms with Crippen LogP contribution in [-0.2, 0) is 9.31 Å². The third-order valence-corrected chi connectivity index (χ3v) is 5.49. The molecule has 3 heterocycles. The molecule has 2 aliphatic rings. The quantitative estimate of drug-likeness (QED) is 0.786. The normalized spacial score (nSPS) is 29.8. The first-order valence-electron chi connectivity index (χ1n) is 8.74. The number of rotatable bonds is 2. The van der Waals surface area contributed by atoms with E-state index >= 15 is 0 Å². The summed E-state index contributed by atoms with van der Waals surface area (Å²) in [7, 11) is -0.318. The number of piperidine rings is 1. The Bertz CT molecular complexity index is 550. The highest BCUT2D eigenvalue weighted by molar-refractivity contribution is 6.62. The summed E-state index contributed by atoms with van der Waals surface area (Å²) in [6.07, 6.45) is 3.17. The molecule has 2 fully saturated rings. The van der Waals surface area contributed by atoms with Crippen molar-refractivity contribution in [1.82, 2.24) is 4.98 Å². The van der Waals surface area contributed by atoms with Gasteiger partial charge in [0.15, 0.2) is 0 Å². The second kappa shape index (κ2) is 5.78. The lowest BCUT2D eigenvalue weighted by molar-refractivity contribution is 0.00578. The molecule has 2 saturated heterocycles. The Hall–Kier alpha value is -1.07. The third kappa shape index (κ3) is 3.27. The minimum atomic E-state index is -0.318. The van der Waals surface area contributed by atoms with E-state index in [1.807, 2.05) is 12.3 Å². The summed E-state index contributed by atoms with van der Waals surface area (Å²) >= 11 is 0. The Morgan fingerprint density at radius 1 is 1.09 bits per heavy atom. The van der Waals surface area contributed by atoms with E-state index in [0.29, 0.717) is 11.8 Å². The number of anilines is 1. The van der Waals surface area contributed by atoms with Crippen molar-refractivity contribution in [3.05, 3.63) is 18.3 Å². The van der Waals surface area contributed by atoms with E-state index in [4.69, 9.17) is 9.31 Å². The number of nitrogens with zero attached hydrogens (tertiary/aromatic N) is 2. The Balaban J connectivity index is 1.81. The lowest BCUT2D eigenvalue weighted by atomic mass is 9.79. The second-order valence-corrected chi connectivity index (χ2v) is 8.39. The van der Waals surface area contributed by atoms with Crippen LogP contribution in [0, 0.1) is 11.8 Å². The van der Waals surface area contributed by atoms with E-state index in [1.54, 1.807) is 0 Å². The number of hydrogen-bond acceptors (Lipinski definition) is 4. The topological polar surface area (TPSA) is 34.6 Å². The molecule has 0 aliphatic carbocycles. The molecule has 0 N–H and O–H groups in total. The van der Waals surface area contributed by atoms with Gasteiger partial charge in [0.25, 0.3) is 0 Å². The fourth-order valence-corrected chi connectivity index (χ4v) is 3.58. The maximum absolute atomic E-state index is 6.17. The lowest BCUT2D eigenvalue weighted by Crippen LogP contribution is -2.41. The summed E-state index contributed by atoms with van der Waals surface area (Å²) in [5, 5.41) is 0. The maximum atomic E-state index is 6.17. The zero-order valence-corrected chi connectivity index (χ0v) is 15.3. The van der Waals surface area contributed by atoms with Gasteiger partial charge in [-0.2, -0.15) is 0 Å². The minimum Gasteiger partial charge on any atom is -0.399 e. The third-order valence-electron chi connectivity index (χ3n) is 5.49. The SMILES string of the molecule is C[C@@H]1C[C@H](C)CN(c2cc(B3OC(C)(C)C(C)(C)O3)ccn2)C1. The number of hydrogen-bond donors (Lipinski definition) is 0. The Morgan fingerprint density at radius 3 is 2.22 bits per heavy atom. The highest BCUT2D eigenvalue weighted by Gasteiger charge is 2.51. The summed E-state index contributed by atoms with van der Waals surface area (Å²) in [5.74, 6) is 2.46. The van der Waals surface area contributed by atoms with Crippen LogP contribution in [0.1, 0.15) is 48.0 Å². The van der Waals surface area contributed by atoms with Crippen molar-refractivity contribution >= 4 is 18.4 Å². The highest BCUT2D eigenvalue weighted by atomic mass is 16.7. The lowest BCUT2D eigenvalue weighted by Gasteiger charge is -2.36. The van der Waals surface area contributed by atoms with Crippen LogP contribution in [0.4, 0.5) is 5.82 Å². The van der Waals surface area contributed by atoms with E-state index in [0.717, 1.165) is 24.4 Å². The summed E-state index contributed by atoms with van der Waals surface area (Å²) in [6.45, 7) is 15.1. The smallest absolute Gasteiger partial charge is 0.399 e. The largest absolute Gasteiger partial charge is 0.495 e. The van der Waals surface area contributed by atoms with Crippen molar-refractivity contribution in [3.63, 3.8) is 0 Å². The van der Waals surface area contributed by atoms with Crippen molar-refractivity contribution < 1.29 is 9.31 Å². The molecule has 3 rings (SSSR count). The van der Waals surface area contributed by atoms with E-state index in [2.05, 4.69) is 57.5 Å². The molecule has 0 saturated carbocycles. The molecule has 0 radical (unpaired) electrons. The predicted molar refractivity (Wildman–Crippen MR) is 95.1 cm³/mol. The molecule has 0 unspecified atom stereocenters. The van der Waals surface area contributed by atoms with Crippen LogP contribution < -0.4 is 10.4 Å². The van der Waals surface area contributed by atoms with E-state index in [-0.39, 0.29) is 18.3 Å². The molecule has 1 aromatic heterocycles. The van der Waals surface area contributed by atoms with Crippen molar-refractivity contribution in [1.29, 1.82) is 0 Å². The van der Waals surface area contributed by atoms with Crippen LogP contribution in [0.2, 0.25) is 0 Å². The van der Waals surface area contributed by atoms with Crippen LogP contribution in [0.25, 0.3) is 0 Å². The van der Waals surface area contributed by atoms with Gasteiger partial charge < -0.3 is 14.2 Å². The van der Waals surface area contributed by atoms with E-state index in [1.165, 1.54) is 6.42 Å². The molecule has 2 atom stereocenters. The Morgan fingerprint density at radius 2 is 1.65 bits per heavy atom. The highest BCUT2D eigenvalue weighted by Crippen LogP contribution is 2.36. The second-order valence-electron chi connectivity index (χ2n) is 8.39. The van der Waals surface area contributed by atoms with Crippen LogP contribution in [0.5, 0.6) is 0 Å². The van der Waals surface area contributed by atoms with E-state index < -0.39 is 0 Å².